The van der Waals surface area contributed by atoms with Crippen LogP contribution in [0.15, 0.2) is 40.4 Å². The Labute approximate surface area is 388 Å². The fourth-order valence-corrected chi connectivity index (χ4v) is 12.5. The Balaban J connectivity index is 0.717. The molecule has 19 nitrogen and oxygen atoms in total. The average Bonchev–Trinajstić information content (AvgIpc) is 3.80. The predicted octanol–water partition coefficient (Wildman–Crippen LogP) is 2.92. The van der Waals surface area contributed by atoms with Gasteiger partial charge in [-0.3, -0.25) is 38.4 Å². The van der Waals surface area contributed by atoms with Crippen LogP contribution >= 0.6 is 0 Å². The van der Waals surface area contributed by atoms with Gasteiger partial charge in [0.15, 0.2) is 11.4 Å². The number of hydrogen-bond donors (Lipinski definition) is 3. The number of carbonyl (C=O) groups excluding carboxylic acids is 3. The summed E-state index contributed by atoms with van der Waals surface area (Å²) in [5, 5.41) is 20.4. The van der Waals surface area contributed by atoms with Crippen LogP contribution < -0.4 is 26.1 Å². The normalized spacial score (nSPS) is 25.2. The Hall–Kier alpha value is -5.46. The van der Waals surface area contributed by atoms with Crippen molar-refractivity contribution in [1.82, 2.24) is 43.4 Å². The van der Waals surface area contributed by atoms with Crippen molar-refractivity contribution in [1.29, 1.82) is 0 Å². The van der Waals surface area contributed by atoms with Gasteiger partial charge >= 0.3 is 11.9 Å². The quantitative estimate of drug-likeness (QED) is 0.146. The number of imide groups is 1. The number of aromatic nitrogens is 6. The van der Waals surface area contributed by atoms with Gasteiger partial charge < -0.3 is 20.2 Å². The van der Waals surface area contributed by atoms with Crippen LogP contribution in [0.3, 0.4) is 0 Å². The molecule has 4 aromatic rings. The summed E-state index contributed by atoms with van der Waals surface area (Å²) in [6.45, 7) is 2.51. The second kappa shape index (κ2) is 16.9. The standard InChI is InChI=1S/C44H54F4N12O7S/c1-54(27-11-16-56(17-12-27)31-5-6-32-36(35(31)45)55(2)41(64)60(32)33-7-8-34(61)52-38(33)62)20-21-57-25-29(23-50-57)68(66,67)58-18-9-26(10-19-58)51-40-49-24-30-37(53-40)59(39(63)42(30)14-15-42)28-4-3-13-43(65,22-28)44(46,47)48/h5-6,23-28,33,65H,3-4,7-22H2,1-2H3,(H,49,51,53)(H,52,61,62)/t28?,33?,43-/m1/s1. The number of carbonyl (C=O) groups is 3. The molecule has 3 saturated heterocycles. The summed E-state index contributed by atoms with van der Waals surface area (Å²) in [5.74, 6) is -1.38. The third kappa shape index (κ3) is 7.83. The number of imidazole rings is 1. The summed E-state index contributed by atoms with van der Waals surface area (Å²) in [6, 6.07) is 1.45. The second-order valence-corrected chi connectivity index (χ2v) is 21.3. The molecule has 1 aromatic carbocycles. The molecule has 10 rings (SSSR count). The lowest BCUT2D eigenvalue weighted by Crippen LogP contribution is -2.54. The Morgan fingerprint density at radius 3 is 2.41 bits per heavy atom. The zero-order valence-electron chi connectivity index (χ0n) is 37.7. The van der Waals surface area contributed by atoms with Crippen molar-refractivity contribution in [3.63, 3.8) is 0 Å². The number of piperidine rings is 3. The Morgan fingerprint density at radius 1 is 0.985 bits per heavy atom. The van der Waals surface area contributed by atoms with E-state index in [2.05, 4.69) is 30.6 Å². The number of fused-ring (bicyclic) bond motifs is 3. The molecule has 6 aliphatic rings. The van der Waals surface area contributed by atoms with Gasteiger partial charge in [-0.1, -0.05) is 0 Å². The van der Waals surface area contributed by atoms with Gasteiger partial charge in [-0.25, -0.2) is 22.6 Å². The maximum atomic E-state index is 16.2. The number of rotatable bonds is 11. The molecule has 3 atom stereocenters. The van der Waals surface area contributed by atoms with Crippen molar-refractivity contribution in [3.05, 3.63) is 52.6 Å². The van der Waals surface area contributed by atoms with Crippen molar-refractivity contribution in [3.8, 4) is 0 Å². The van der Waals surface area contributed by atoms with Crippen LogP contribution in [0, 0.1) is 5.82 Å². The summed E-state index contributed by atoms with van der Waals surface area (Å²) < 4.78 is 90.8. The maximum absolute atomic E-state index is 16.2. The SMILES string of the molecule is CN(CCn1cc(S(=O)(=O)N2CCC(Nc3ncc4c(n3)N(C3CCC[C@](O)(C(F)(F)F)C3)C(=O)C43CC3)CC2)cn1)C1CCN(c2ccc3c(c2F)n(C)c(=O)n3C2CCC(=O)NC2=O)CC1. The number of anilines is 3. The fourth-order valence-electron chi connectivity index (χ4n) is 11.1. The van der Waals surface area contributed by atoms with E-state index in [1.54, 1.807) is 23.0 Å². The number of nitrogens with one attached hydrogen (secondary N) is 2. The number of sulfonamides is 1. The predicted molar refractivity (Wildman–Crippen MR) is 238 cm³/mol. The highest BCUT2D eigenvalue weighted by molar-refractivity contribution is 7.89. The van der Waals surface area contributed by atoms with E-state index in [0.29, 0.717) is 69.5 Å². The maximum Gasteiger partial charge on any atom is 0.417 e. The molecule has 2 aliphatic carbocycles. The summed E-state index contributed by atoms with van der Waals surface area (Å²) in [6.07, 6.45) is 2.60. The molecular weight excluding hydrogens is 917 g/mol. The first-order chi connectivity index (χ1) is 32.3. The molecule has 5 fully saturated rings. The van der Waals surface area contributed by atoms with Crippen molar-refractivity contribution in [2.75, 3.05) is 54.9 Å². The number of alkyl halides is 3. The molecule has 1 spiro atoms. The van der Waals surface area contributed by atoms with Crippen LogP contribution in [0.5, 0.6) is 0 Å². The zero-order valence-corrected chi connectivity index (χ0v) is 38.5. The topological polar surface area (TPSA) is 213 Å². The molecule has 3 amide bonds. The Morgan fingerprint density at radius 2 is 1.72 bits per heavy atom. The number of aliphatic hydroxyl groups is 1. The molecule has 68 heavy (non-hydrogen) atoms. The number of amides is 3. The summed E-state index contributed by atoms with van der Waals surface area (Å²) in [5.41, 5.74) is -2.93. The first-order valence-electron chi connectivity index (χ1n) is 23.3. The van der Waals surface area contributed by atoms with Crippen LogP contribution in [-0.2, 0) is 43.4 Å². The molecule has 2 saturated carbocycles. The van der Waals surface area contributed by atoms with Gasteiger partial charge in [0.25, 0.3) is 0 Å². The largest absolute Gasteiger partial charge is 0.417 e. The van der Waals surface area contributed by atoms with Crippen LogP contribution in [0.4, 0.5) is 35.0 Å². The highest BCUT2D eigenvalue weighted by atomic mass is 32.2. The van der Waals surface area contributed by atoms with Gasteiger partial charge in [-0.15, -0.1) is 0 Å². The number of hydrogen-bond acceptors (Lipinski definition) is 13. The van der Waals surface area contributed by atoms with E-state index in [4.69, 9.17) is 0 Å². The van der Waals surface area contributed by atoms with Crippen LogP contribution in [-0.4, -0.2) is 139 Å². The Kier molecular flexibility index (Phi) is 11.5. The smallest absolute Gasteiger partial charge is 0.380 e. The molecule has 3 N–H and O–H groups in total. The number of aryl methyl sites for hydroxylation is 1. The lowest BCUT2D eigenvalue weighted by atomic mass is 9.80. The molecule has 0 bridgehead atoms. The minimum Gasteiger partial charge on any atom is -0.380 e. The van der Waals surface area contributed by atoms with Crippen LogP contribution in [0.2, 0.25) is 0 Å². The monoisotopic (exact) mass is 970 g/mol. The summed E-state index contributed by atoms with van der Waals surface area (Å²) in [4.78, 5) is 66.0. The van der Waals surface area contributed by atoms with E-state index >= 15 is 4.39 Å². The van der Waals surface area contributed by atoms with E-state index < -0.39 is 75.5 Å². The molecule has 0 radical (unpaired) electrons. The molecule has 366 valence electrons. The van der Waals surface area contributed by atoms with Gasteiger partial charge in [0.2, 0.25) is 33.7 Å². The second-order valence-electron chi connectivity index (χ2n) is 19.4. The van der Waals surface area contributed by atoms with Gasteiger partial charge in [-0.05, 0) is 83.4 Å². The molecule has 2 unspecified atom stereocenters. The number of nitrogens with zero attached hydrogens (tertiary/aromatic N) is 10. The first-order valence-corrected chi connectivity index (χ1v) is 24.7. The molecule has 3 aromatic heterocycles. The van der Waals surface area contributed by atoms with Gasteiger partial charge in [0.05, 0.1) is 29.4 Å². The molecular formula is C44H54F4N12O7S. The summed E-state index contributed by atoms with van der Waals surface area (Å²) in [7, 11) is -0.420. The highest BCUT2D eigenvalue weighted by Crippen LogP contribution is 2.58. The first kappa shape index (κ1) is 46.3. The summed E-state index contributed by atoms with van der Waals surface area (Å²) >= 11 is 0. The van der Waals surface area contributed by atoms with E-state index in [1.807, 2.05) is 11.9 Å². The lowest BCUT2D eigenvalue weighted by Gasteiger charge is -2.41. The van der Waals surface area contributed by atoms with E-state index in [9.17, 15) is 45.9 Å². The molecule has 4 aliphatic heterocycles. The van der Waals surface area contributed by atoms with E-state index in [1.165, 1.54) is 37.8 Å². The van der Waals surface area contributed by atoms with Crippen molar-refractivity contribution in [2.45, 2.75) is 130 Å². The van der Waals surface area contributed by atoms with Gasteiger partial charge in [0, 0.05) is 88.7 Å². The van der Waals surface area contributed by atoms with E-state index in [-0.39, 0.29) is 78.0 Å². The highest BCUT2D eigenvalue weighted by Gasteiger charge is 2.64. The molecule has 7 heterocycles. The number of halogens is 4. The van der Waals surface area contributed by atoms with Gasteiger partial charge in [-0.2, -0.15) is 27.6 Å². The average molecular weight is 971 g/mol. The minimum atomic E-state index is -4.83. The van der Waals surface area contributed by atoms with Crippen LogP contribution in [0.1, 0.15) is 88.7 Å². The van der Waals surface area contributed by atoms with Crippen LogP contribution in [0.25, 0.3) is 11.0 Å². The van der Waals surface area contributed by atoms with E-state index in [0.717, 1.165) is 12.8 Å². The third-order valence-corrected chi connectivity index (χ3v) is 17.2. The van der Waals surface area contributed by atoms with Crippen molar-refractivity contribution in [2.24, 2.45) is 7.05 Å². The Bertz CT molecular complexity index is 2850. The lowest BCUT2D eigenvalue weighted by molar-refractivity contribution is -0.270. The minimum absolute atomic E-state index is 0.0738. The third-order valence-electron chi connectivity index (χ3n) is 15.3. The number of benzene rings is 1. The van der Waals surface area contributed by atoms with Gasteiger partial charge in [0.1, 0.15) is 22.3 Å². The number of likely N-dealkylation sites (N-methyl/N-ethyl adjacent to an activating group) is 1. The van der Waals surface area contributed by atoms with Crippen molar-refractivity contribution < 1.29 is 45.5 Å². The zero-order chi connectivity index (χ0) is 48.1. The molecule has 24 heteroatoms. The fraction of sp³-hybridized carbons (Fsp3) is 0.614. The van der Waals surface area contributed by atoms with Crippen molar-refractivity contribution >= 4 is 56.2 Å².